The Bertz CT molecular complexity index is 495. The number of nitrogens with one attached hydrogen (secondary N) is 1. The van der Waals surface area contributed by atoms with E-state index in [0.29, 0.717) is 6.04 Å². The number of thiazole rings is 1. The van der Waals surface area contributed by atoms with Gasteiger partial charge in [0.1, 0.15) is 0 Å². The second-order valence-electron chi connectivity index (χ2n) is 5.09. The molecule has 0 bridgehead atoms. The molecule has 0 aromatic carbocycles. The van der Waals surface area contributed by atoms with Crippen molar-refractivity contribution in [3.05, 3.63) is 38.0 Å². The first kappa shape index (κ1) is 13.3. The second-order valence-corrected chi connectivity index (χ2v) is 7.23. The number of fused-ring (bicyclic) bond motifs is 1. The molecular weight excluding hydrogens is 272 g/mol. The molecule has 1 atom stereocenters. The third-order valence-corrected chi connectivity index (χ3v) is 5.76. The molecule has 3 rings (SSSR count). The van der Waals surface area contributed by atoms with E-state index in [1.54, 1.807) is 21.8 Å². The Kier molecular flexibility index (Phi) is 4.31. The van der Waals surface area contributed by atoms with Crippen molar-refractivity contribution in [3.8, 4) is 0 Å². The number of hydrogen-bond acceptors (Lipinski definition) is 4. The molecule has 19 heavy (non-hydrogen) atoms. The number of hydrogen-bond donors (Lipinski definition) is 1. The lowest BCUT2D eigenvalue weighted by atomic mass is 10.1. The highest BCUT2D eigenvalue weighted by molar-refractivity contribution is 7.12. The largest absolute Gasteiger partial charge is 0.309 e. The van der Waals surface area contributed by atoms with Crippen LogP contribution in [0, 0.1) is 0 Å². The predicted octanol–water partition coefficient (Wildman–Crippen LogP) is 3.98. The van der Waals surface area contributed by atoms with Crippen LogP contribution in [-0.4, -0.2) is 11.5 Å². The van der Waals surface area contributed by atoms with Crippen molar-refractivity contribution in [2.45, 2.75) is 45.1 Å². The van der Waals surface area contributed by atoms with Crippen LogP contribution in [0.4, 0.5) is 0 Å². The maximum absolute atomic E-state index is 4.44. The Balaban J connectivity index is 1.77. The molecule has 1 N–H and O–H groups in total. The molecule has 2 aromatic heterocycles. The Morgan fingerprint density at radius 3 is 3.11 bits per heavy atom. The van der Waals surface area contributed by atoms with Gasteiger partial charge in [0.2, 0.25) is 0 Å². The zero-order chi connectivity index (χ0) is 13.1. The van der Waals surface area contributed by atoms with Crippen molar-refractivity contribution in [2.24, 2.45) is 0 Å². The standard InChI is InChI=1S/C15H20N2S2/c1-2-6-16-12(10-15-17-7-8-18-15)14-9-11-4-3-5-13(11)19-14/h7-9,12,16H,2-6,10H2,1H3. The van der Waals surface area contributed by atoms with Crippen LogP contribution in [-0.2, 0) is 19.3 Å². The van der Waals surface area contributed by atoms with Crippen molar-refractivity contribution in [1.82, 2.24) is 10.3 Å². The maximum atomic E-state index is 4.44. The Hall–Kier alpha value is -0.710. The summed E-state index contributed by atoms with van der Waals surface area (Å²) in [6.07, 6.45) is 8.03. The third-order valence-electron chi connectivity index (χ3n) is 3.61. The zero-order valence-electron chi connectivity index (χ0n) is 11.3. The maximum Gasteiger partial charge on any atom is 0.0944 e. The summed E-state index contributed by atoms with van der Waals surface area (Å²) in [5, 5.41) is 7.00. The van der Waals surface area contributed by atoms with Crippen LogP contribution >= 0.6 is 22.7 Å². The Morgan fingerprint density at radius 2 is 2.37 bits per heavy atom. The number of nitrogens with zero attached hydrogens (tertiary/aromatic N) is 1. The van der Waals surface area contributed by atoms with Gasteiger partial charge < -0.3 is 5.32 Å². The van der Waals surface area contributed by atoms with Crippen LogP contribution < -0.4 is 5.32 Å². The van der Waals surface area contributed by atoms with Gasteiger partial charge >= 0.3 is 0 Å². The van der Waals surface area contributed by atoms with Crippen LogP contribution in [0.1, 0.15) is 46.1 Å². The van der Waals surface area contributed by atoms with Crippen LogP contribution in [0.5, 0.6) is 0 Å². The third kappa shape index (κ3) is 3.07. The molecular formula is C15H20N2S2. The molecule has 2 heterocycles. The summed E-state index contributed by atoms with van der Waals surface area (Å²) >= 11 is 3.78. The van der Waals surface area contributed by atoms with E-state index < -0.39 is 0 Å². The van der Waals surface area contributed by atoms with Gasteiger partial charge in [-0.05, 0) is 43.9 Å². The second kappa shape index (κ2) is 6.16. The molecule has 0 saturated carbocycles. The summed E-state index contributed by atoms with van der Waals surface area (Å²) in [6, 6.07) is 2.88. The fourth-order valence-electron chi connectivity index (χ4n) is 2.64. The molecule has 1 aliphatic carbocycles. The topological polar surface area (TPSA) is 24.9 Å². The quantitative estimate of drug-likeness (QED) is 0.871. The van der Waals surface area contributed by atoms with Crippen LogP contribution in [0.25, 0.3) is 0 Å². The van der Waals surface area contributed by atoms with E-state index in [2.05, 4.69) is 28.7 Å². The molecule has 2 aromatic rings. The summed E-state index contributed by atoms with van der Waals surface area (Å²) < 4.78 is 0. The molecule has 0 spiro atoms. The van der Waals surface area contributed by atoms with E-state index >= 15 is 0 Å². The summed E-state index contributed by atoms with van der Waals surface area (Å²) in [5.74, 6) is 0. The Labute approximate surface area is 122 Å². The molecule has 4 heteroatoms. The van der Waals surface area contributed by atoms with Crippen molar-refractivity contribution < 1.29 is 0 Å². The molecule has 1 aliphatic rings. The highest BCUT2D eigenvalue weighted by Crippen LogP contribution is 2.35. The van der Waals surface area contributed by atoms with Crippen molar-refractivity contribution in [1.29, 1.82) is 0 Å². The Morgan fingerprint density at radius 1 is 1.42 bits per heavy atom. The molecule has 0 aliphatic heterocycles. The van der Waals surface area contributed by atoms with Crippen LogP contribution in [0.2, 0.25) is 0 Å². The highest BCUT2D eigenvalue weighted by atomic mass is 32.1. The molecule has 0 saturated heterocycles. The van der Waals surface area contributed by atoms with E-state index in [0.717, 1.165) is 13.0 Å². The minimum atomic E-state index is 0.446. The van der Waals surface area contributed by atoms with Crippen molar-refractivity contribution in [2.75, 3.05) is 6.54 Å². The average Bonchev–Trinajstić information content (AvgIpc) is 3.09. The van der Waals surface area contributed by atoms with Gasteiger partial charge in [0.05, 0.1) is 5.01 Å². The highest BCUT2D eigenvalue weighted by Gasteiger charge is 2.20. The van der Waals surface area contributed by atoms with Gasteiger partial charge in [-0.1, -0.05) is 6.92 Å². The summed E-state index contributed by atoms with van der Waals surface area (Å²) in [5.41, 5.74) is 1.60. The van der Waals surface area contributed by atoms with Gasteiger partial charge in [0, 0.05) is 33.8 Å². The van der Waals surface area contributed by atoms with E-state index in [-0.39, 0.29) is 0 Å². The van der Waals surface area contributed by atoms with Gasteiger partial charge in [-0.2, -0.15) is 0 Å². The van der Waals surface area contributed by atoms with E-state index in [1.165, 1.54) is 35.6 Å². The van der Waals surface area contributed by atoms with Crippen LogP contribution in [0.15, 0.2) is 17.6 Å². The fraction of sp³-hybridized carbons (Fsp3) is 0.533. The predicted molar refractivity (Wildman–Crippen MR) is 83.2 cm³/mol. The van der Waals surface area contributed by atoms with Crippen molar-refractivity contribution >= 4 is 22.7 Å². The summed E-state index contributed by atoms with van der Waals surface area (Å²) in [4.78, 5) is 7.57. The molecule has 2 nitrogen and oxygen atoms in total. The minimum Gasteiger partial charge on any atom is -0.309 e. The van der Waals surface area contributed by atoms with Gasteiger partial charge in [0.15, 0.2) is 0 Å². The zero-order valence-corrected chi connectivity index (χ0v) is 12.9. The molecule has 1 unspecified atom stereocenters. The first-order chi connectivity index (χ1) is 9.36. The molecule has 102 valence electrons. The number of thiophene rings is 1. The number of rotatable bonds is 6. The first-order valence-corrected chi connectivity index (χ1v) is 8.79. The fourth-order valence-corrected chi connectivity index (χ4v) is 4.64. The van der Waals surface area contributed by atoms with Gasteiger partial charge in [-0.25, -0.2) is 4.98 Å². The smallest absolute Gasteiger partial charge is 0.0944 e. The van der Waals surface area contributed by atoms with E-state index in [4.69, 9.17) is 0 Å². The van der Waals surface area contributed by atoms with Gasteiger partial charge in [-0.15, -0.1) is 22.7 Å². The summed E-state index contributed by atoms with van der Waals surface area (Å²) in [6.45, 7) is 3.31. The number of aryl methyl sites for hydroxylation is 2. The average molecular weight is 292 g/mol. The van der Waals surface area contributed by atoms with Gasteiger partial charge in [0.25, 0.3) is 0 Å². The van der Waals surface area contributed by atoms with Crippen molar-refractivity contribution in [3.63, 3.8) is 0 Å². The lowest BCUT2D eigenvalue weighted by molar-refractivity contribution is 0.535. The van der Waals surface area contributed by atoms with E-state index in [1.807, 2.05) is 17.5 Å². The SMILES string of the molecule is CCCNC(Cc1nccs1)c1cc2c(s1)CCC2. The van der Waals surface area contributed by atoms with Crippen LogP contribution in [0.3, 0.4) is 0 Å². The lowest BCUT2D eigenvalue weighted by Crippen LogP contribution is -2.23. The monoisotopic (exact) mass is 292 g/mol. The lowest BCUT2D eigenvalue weighted by Gasteiger charge is -2.16. The molecule has 0 fully saturated rings. The normalized spacial score (nSPS) is 15.6. The molecule has 0 radical (unpaired) electrons. The number of aromatic nitrogens is 1. The first-order valence-electron chi connectivity index (χ1n) is 7.10. The summed E-state index contributed by atoms with van der Waals surface area (Å²) in [7, 11) is 0. The molecule has 0 amide bonds. The van der Waals surface area contributed by atoms with E-state index in [9.17, 15) is 0 Å². The minimum absolute atomic E-state index is 0.446. The van der Waals surface area contributed by atoms with Gasteiger partial charge in [-0.3, -0.25) is 0 Å².